The third kappa shape index (κ3) is 2.90. The molecule has 1 unspecified atom stereocenters. The average molecular weight is 393 g/mol. The van der Waals surface area contributed by atoms with E-state index in [0.29, 0.717) is 22.2 Å². The van der Waals surface area contributed by atoms with E-state index in [1.54, 1.807) is 24.3 Å². The van der Waals surface area contributed by atoms with Crippen LogP contribution in [-0.4, -0.2) is 24.0 Å². The number of halogens is 1. The SMILES string of the molecule is COc1nc(-c2ccc3cccc(F)c3c2)ccc1C1(C(C)C)NC(=O)NC1=O. The van der Waals surface area contributed by atoms with E-state index >= 15 is 0 Å². The number of imide groups is 1. The molecule has 2 aromatic carbocycles. The van der Waals surface area contributed by atoms with E-state index in [4.69, 9.17) is 4.74 Å². The molecule has 0 radical (unpaired) electrons. The smallest absolute Gasteiger partial charge is 0.322 e. The number of fused-ring (bicyclic) bond motifs is 1. The van der Waals surface area contributed by atoms with Crippen molar-refractivity contribution in [1.29, 1.82) is 0 Å². The number of methoxy groups -OCH3 is 1. The zero-order chi connectivity index (χ0) is 20.8. The van der Waals surface area contributed by atoms with Gasteiger partial charge in [-0.2, -0.15) is 0 Å². The summed E-state index contributed by atoms with van der Waals surface area (Å²) in [5, 5.41) is 6.32. The van der Waals surface area contributed by atoms with E-state index in [0.717, 1.165) is 5.39 Å². The molecule has 0 saturated carbocycles. The molecule has 7 heteroatoms. The molecule has 29 heavy (non-hydrogen) atoms. The number of aromatic nitrogens is 1. The lowest BCUT2D eigenvalue weighted by molar-refractivity contribution is -0.125. The lowest BCUT2D eigenvalue weighted by atomic mass is 9.80. The van der Waals surface area contributed by atoms with E-state index in [9.17, 15) is 14.0 Å². The first kappa shape index (κ1) is 18.9. The minimum atomic E-state index is -1.27. The summed E-state index contributed by atoms with van der Waals surface area (Å²) in [5.41, 5.74) is 0.475. The molecule has 1 atom stereocenters. The number of ether oxygens (including phenoxy) is 1. The van der Waals surface area contributed by atoms with Crippen LogP contribution in [0.1, 0.15) is 19.4 Å². The second-order valence-corrected chi connectivity index (χ2v) is 7.30. The van der Waals surface area contributed by atoms with E-state index in [-0.39, 0.29) is 17.6 Å². The Morgan fingerprint density at radius 3 is 2.55 bits per heavy atom. The number of nitrogens with zero attached hydrogens (tertiary/aromatic N) is 1. The predicted octanol–water partition coefficient (Wildman–Crippen LogP) is 3.74. The molecule has 6 nitrogen and oxygen atoms in total. The number of carbonyl (C=O) groups excluding carboxylic acids is 2. The van der Waals surface area contributed by atoms with Crippen molar-refractivity contribution in [3.05, 3.63) is 59.9 Å². The summed E-state index contributed by atoms with van der Waals surface area (Å²) >= 11 is 0. The highest BCUT2D eigenvalue weighted by atomic mass is 19.1. The molecule has 1 aliphatic heterocycles. The second kappa shape index (κ2) is 6.84. The van der Waals surface area contributed by atoms with E-state index in [2.05, 4.69) is 15.6 Å². The number of hydrogen-bond donors (Lipinski definition) is 2. The van der Waals surface area contributed by atoms with E-state index in [1.807, 2.05) is 32.0 Å². The predicted molar refractivity (Wildman–Crippen MR) is 107 cm³/mol. The van der Waals surface area contributed by atoms with Crippen LogP contribution < -0.4 is 15.4 Å². The van der Waals surface area contributed by atoms with Crippen molar-refractivity contribution in [2.75, 3.05) is 7.11 Å². The van der Waals surface area contributed by atoms with Gasteiger partial charge in [0.05, 0.1) is 12.8 Å². The third-order valence-corrected chi connectivity index (χ3v) is 5.37. The van der Waals surface area contributed by atoms with Crippen molar-refractivity contribution in [2.24, 2.45) is 5.92 Å². The van der Waals surface area contributed by atoms with Crippen LogP contribution >= 0.6 is 0 Å². The number of rotatable bonds is 4. The molecule has 0 bridgehead atoms. The average Bonchev–Trinajstić information content (AvgIpc) is 3.02. The summed E-state index contributed by atoms with van der Waals surface area (Å²) in [6.07, 6.45) is 0. The van der Waals surface area contributed by atoms with Crippen LogP contribution in [0.15, 0.2) is 48.5 Å². The van der Waals surface area contributed by atoms with Gasteiger partial charge in [0.15, 0.2) is 5.54 Å². The maximum atomic E-state index is 14.2. The van der Waals surface area contributed by atoms with Gasteiger partial charge in [-0.15, -0.1) is 0 Å². The van der Waals surface area contributed by atoms with Crippen LogP contribution in [0, 0.1) is 11.7 Å². The highest BCUT2D eigenvalue weighted by molar-refractivity contribution is 6.08. The first-order valence-electron chi connectivity index (χ1n) is 9.24. The number of benzene rings is 2. The number of carbonyl (C=O) groups is 2. The number of nitrogens with one attached hydrogen (secondary N) is 2. The molecule has 148 valence electrons. The fourth-order valence-electron chi connectivity index (χ4n) is 3.83. The van der Waals surface area contributed by atoms with E-state index in [1.165, 1.54) is 13.2 Å². The number of hydrogen-bond acceptors (Lipinski definition) is 4. The standard InChI is InChI=1S/C22H20FN3O3/c1-12(2)22(20(27)25-21(28)26-22)16-9-10-18(24-19(16)29-3)14-8-7-13-5-4-6-17(23)15(13)11-14/h4-12H,1-3H3,(H2,25,26,27,28). The third-order valence-electron chi connectivity index (χ3n) is 5.37. The van der Waals surface area contributed by atoms with E-state index < -0.39 is 17.5 Å². The van der Waals surface area contributed by atoms with Crippen molar-refractivity contribution in [3.63, 3.8) is 0 Å². The van der Waals surface area contributed by atoms with Gasteiger partial charge in [-0.25, -0.2) is 14.2 Å². The van der Waals surface area contributed by atoms with Gasteiger partial charge in [0.1, 0.15) is 5.82 Å². The van der Waals surface area contributed by atoms with Crippen molar-refractivity contribution in [2.45, 2.75) is 19.4 Å². The molecule has 0 aliphatic carbocycles. The lowest BCUT2D eigenvalue weighted by Gasteiger charge is -2.31. The van der Waals surface area contributed by atoms with Crippen molar-refractivity contribution >= 4 is 22.7 Å². The summed E-state index contributed by atoms with van der Waals surface area (Å²) in [4.78, 5) is 29.0. The first-order chi connectivity index (χ1) is 13.9. The minimum absolute atomic E-state index is 0.224. The van der Waals surface area contributed by atoms with Gasteiger partial charge in [0.2, 0.25) is 5.88 Å². The summed E-state index contributed by atoms with van der Waals surface area (Å²) in [5.74, 6) is -0.775. The fourth-order valence-corrected chi connectivity index (χ4v) is 3.83. The van der Waals surface area contributed by atoms with Crippen LogP contribution in [0.2, 0.25) is 0 Å². The number of urea groups is 1. The van der Waals surface area contributed by atoms with Crippen molar-refractivity contribution in [3.8, 4) is 17.1 Å². The monoisotopic (exact) mass is 393 g/mol. The molecule has 3 aromatic rings. The fraction of sp³-hybridized carbons (Fsp3) is 0.227. The van der Waals surface area contributed by atoms with Gasteiger partial charge >= 0.3 is 6.03 Å². The Labute approximate surface area is 167 Å². The summed E-state index contributed by atoms with van der Waals surface area (Å²) in [7, 11) is 1.46. The molecule has 3 amide bonds. The summed E-state index contributed by atoms with van der Waals surface area (Å²) < 4.78 is 19.7. The van der Waals surface area contributed by atoms with Crippen LogP contribution in [-0.2, 0) is 10.3 Å². The summed E-state index contributed by atoms with van der Waals surface area (Å²) in [6, 6.07) is 13.2. The highest BCUT2D eigenvalue weighted by Gasteiger charge is 2.52. The van der Waals surface area contributed by atoms with Gasteiger partial charge in [-0.05, 0) is 35.6 Å². The quantitative estimate of drug-likeness (QED) is 0.662. The van der Waals surface area contributed by atoms with Crippen LogP contribution in [0.5, 0.6) is 5.88 Å². The molecule has 2 heterocycles. The van der Waals surface area contributed by atoms with Gasteiger partial charge in [-0.3, -0.25) is 10.1 Å². The van der Waals surface area contributed by atoms with Crippen molar-refractivity contribution in [1.82, 2.24) is 15.6 Å². The Balaban J connectivity index is 1.85. The molecule has 1 fully saturated rings. The normalized spacial score (nSPS) is 18.8. The molecule has 1 saturated heterocycles. The zero-order valence-electron chi connectivity index (χ0n) is 16.2. The zero-order valence-corrected chi connectivity index (χ0v) is 16.2. The number of amides is 3. The molecule has 0 spiro atoms. The first-order valence-corrected chi connectivity index (χ1v) is 9.24. The van der Waals surface area contributed by atoms with Crippen LogP contribution in [0.25, 0.3) is 22.0 Å². The maximum Gasteiger partial charge on any atom is 0.322 e. The molecule has 1 aliphatic rings. The topological polar surface area (TPSA) is 80.3 Å². The Kier molecular flexibility index (Phi) is 4.45. The lowest BCUT2D eigenvalue weighted by Crippen LogP contribution is -2.48. The van der Waals surface area contributed by atoms with Crippen LogP contribution in [0.4, 0.5) is 9.18 Å². The molecule has 4 rings (SSSR count). The number of pyridine rings is 1. The molecule has 1 aromatic heterocycles. The Morgan fingerprint density at radius 1 is 1.10 bits per heavy atom. The largest absolute Gasteiger partial charge is 0.481 e. The minimum Gasteiger partial charge on any atom is -0.481 e. The van der Waals surface area contributed by atoms with Gasteiger partial charge in [-0.1, -0.05) is 38.1 Å². The summed E-state index contributed by atoms with van der Waals surface area (Å²) in [6.45, 7) is 3.68. The van der Waals surface area contributed by atoms with Crippen LogP contribution in [0.3, 0.4) is 0 Å². The molecule has 2 N–H and O–H groups in total. The Hall–Kier alpha value is -3.48. The van der Waals surface area contributed by atoms with Gasteiger partial charge in [0.25, 0.3) is 5.91 Å². The Bertz CT molecular complexity index is 1150. The Morgan fingerprint density at radius 2 is 1.90 bits per heavy atom. The van der Waals surface area contributed by atoms with Gasteiger partial charge in [0, 0.05) is 16.5 Å². The highest BCUT2D eigenvalue weighted by Crippen LogP contribution is 2.38. The molecular formula is C22H20FN3O3. The second-order valence-electron chi connectivity index (χ2n) is 7.30. The van der Waals surface area contributed by atoms with Crippen molar-refractivity contribution < 1.29 is 18.7 Å². The van der Waals surface area contributed by atoms with Gasteiger partial charge < -0.3 is 10.1 Å². The maximum absolute atomic E-state index is 14.2. The molecular weight excluding hydrogens is 373 g/mol.